The van der Waals surface area contributed by atoms with Gasteiger partial charge in [0.25, 0.3) is 11.6 Å². The quantitative estimate of drug-likeness (QED) is 0.579. The van der Waals surface area contributed by atoms with Crippen molar-refractivity contribution in [3.8, 4) is 17.2 Å². The molecule has 0 saturated carbocycles. The molecular formula is C19H19N3O6. The van der Waals surface area contributed by atoms with E-state index in [9.17, 15) is 14.9 Å². The van der Waals surface area contributed by atoms with Gasteiger partial charge in [-0.1, -0.05) is 0 Å². The van der Waals surface area contributed by atoms with Crippen LogP contribution in [0.1, 0.15) is 15.9 Å². The van der Waals surface area contributed by atoms with Crippen LogP contribution in [0.4, 0.5) is 11.4 Å². The predicted molar refractivity (Wildman–Crippen MR) is 103 cm³/mol. The number of hydrogen-bond acceptors (Lipinski definition) is 7. The first kappa shape index (κ1) is 19.2. The van der Waals surface area contributed by atoms with Gasteiger partial charge in [-0.05, 0) is 18.2 Å². The highest BCUT2D eigenvalue weighted by atomic mass is 16.6. The zero-order valence-electron chi connectivity index (χ0n) is 15.7. The highest BCUT2D eigenvalue weighted by Crippen LogP contribution is 2.39. The normalized spacial score (nSPS) is 12.8. The molecule has 2 aromatic rings. The lowest BCUT2D eigenvalue weighted by molar-refractivity contribution is -0.384. The maximum Gasteiger partial charge on any atom is 0.270 e. The molecule has 3 rings (SSSR count). The van der Waals surface area contributed by atoms with Crippen LogP contribution in [0.15, 0.2) is 35.3 Å². The standard InChI is InChI=1S/C19H19N3O6/c1-26-16-9-12(10-17(27-2)18(16)28-3)19(23)21-7-6-20-11-13-8-14(22(24)25)4-5-15(13)21/h4-5,8-11H,6-7H2,1-3H3. The van der Waals surface area contributed by atoms with Gasteiger partial charge < -0.3 is 19.1 Å². The Kier molecular flexibility index (Phi) is 5.44. The molecule has 0 aromatic heterocycles. The fourth-order valence-electron chi connectivity index (χ4n) is 3.02. The fraction of sp³-hybridized carbons (Fsp3) is 0.263. The first-order valence-electron chi connectivity index (χ1n) is 8.40. The number of nitrogens with zero attached hydrogens (tertiary/aromatic N) is 3. The van der Waals surface area contributed by atoms with Gasteiger partial charge in [-0.2, -0.15) is 0 Å². The van der Waals surface area contributed by atoms with Crippen molar-refractivity contribution < 1.29 is 23.9 Å². The summed E-state index contributed by atoms with van der Waals surface area (Å²) in [5.74, 6) is 0.803. The van der Waals surface area contributed by atoms with Gasteiger partial charge in [-0.15, -0.1) is 0 Å². The van der Waals surface area contributed by atoms with Crippen molar-refractivity contribution in [2.45, 2.75) is 0 Å². The Morgan fingerprint density at radius 2 is 1.79 bits per heavy atom. The number of nitro benzene ring substituents is 1. The molecule has 0 radical (unpaired) electrons. The lowest BCUT2D eigenvalue weighted by atomic mass is 10.1. The molecular weight excluding hydrogens is 366 g/mol. The molecule has 9 heteroatoms. The molecule has 0 aliphatic carbocycles. The molecule has 0 atom stereocenters. The molecule has 1 aliphatic rings. The third kappa shape index (κ3) is 3.46. The molecule has 28 heavy (non-hydrogen) atoms. The molecule has 0 N–H and O–H groups in total. The van der Waals surface area contributed by atoms with Crippen LogP contribution in [0.2, 0.25) is 0 Å². The number of nitro groups is 1. The summed E-state index contributed by atoms with van der Waals surface area (Å²) >= 11 is 0. The third-order valence-electron chi connectivity index (χ3n) is 4.35. The molecule has 9 nitrogen and oxygen atoms in total. The number of fused-ring (bicyclic) bond motifs is 1. The van der Waals surface area contributed by atoms with Gasteiger partial charge in [0, 0.05) is 36.0 Å². The van der Waals surface area contributed by atoms with E-state index in [1.165, 1.54) is 38.4 Å². The molecule has 0 unspecified atom stereocenters. The Balaban J connectivity index is 2.06. The second-order valence-corrected chi connectivity index (χ2v) is 5.91. The smallest absolute Gasteiger partial charge is 0.270 e. The molecule has 0 fully saturated rings. The largest absolute Gasteiger partial charge is 0.493 e. The van der Waals surface area contributed by atoms with Crippen LogP contribution in [0.25, 0.3) is 0 Å². The Hall–Kier alpha value is -3.62. The maximum atomic E-state index is 13.3. The molecule has 0 saturated heterocycles. The Morgan fingerprint density at radius 1 is 1.11 bits per heavy atom. The van der Waals surface area contributed by atoms with Crippen molar-refractivity contribution in [3.63, 3.8) is 0 Å². The fourth-order valence-corrected chi connectivity index (χ4v) is 3.02. The van der Waals surface area contributed by atoms with E-state index in [1.807, 2.05) is 0 Å². The van der Waals surface area contributed by atoms with E-state index in [2.05, 4.69) is 4.99 Å². The second-order valence-electron chi connectivity index (χ2n) is 5.91. The molecule has 1 heterocycles. The van der Waals surface area contributed by atoms with Gasteiger partial charge in [0.05, 0.1) is 38.5 Å². The number of benzene rings is 2. The number of amides is 1. The van der Waals surface area contributed by atoms with E-state index < -0.39 is 4.92 Å². The summed E-state index contributed by atoms with van der Waals surface area (Å²) in [5.41, 5.74) is 1.33. The summed E-state index contributed by atoms with van der Waals surface area (Å²) < 4.78 is 15.9. The minimum atomic E-state index is -0.482. The summed E-state index contributed by atoms with van der Waals surface area (Å²) in [5, 5.41) is 11.1. The van der Waals surface area contributed by atoms with E-state index >= 15 is 0 Å². The predicted octanol–water partition coefficient (Wildman–Crippen LogP) is 2.70. The van der Waals surface area contributed by atoms with E-state index in [0.29, 0.717) is 47.2 Å². The topological polar surface area (TPSA) is 104 Å². The highest BCUT2D eigenvalue weighted by Gasteiger charge is 2.25. The van der Waals surface area contributed by atoms with Crippen molar-refractivity contribution in [1.29, 1.82) is 0 Å². The van der Waals surface area contributed by atoms with Crippen LogP contribution >= 0.6 is 0 Å². The number of hydrogen-bond donors (Lipinski definition) is 0. The summed E-state index contributed by atoms with van der Waals surface area (Å²) in [4.78, 5) is 29.6. The number of benzodiazepines with no additional fused rings is 1. The number of methoxy groups -OCH3 is 3. The van der Waals surface area contributed by atoms with E-state index in [-0.39, 0.29) is 11.6 Å². The summed E-state index contributed by atoms with van der Waals surface area (Å²) in [7, 11) is 4.43. The van der Waals surface area contributed by atoms with Crippen molar-refractivity contribution >= 4 is 23.5 Å². The van der Waals surface area contributed by atoms with Gasteiger partial charge >= 0.3 is 0 Å². The lowest BCUT2D eigenvalue weighted by Gasteiger charge is -2.23. The lowest BCUT2D eigenvalue weighted by Crippen LogP contribution is -2.33. The SMILES string of the molecule is COc1cc(C(=O)N2CCN=Cc3cc([N+](=O)[O-])ccc32)cc(OC)c1OC. The number of carbonyl (C=O) groups excluding carboxylic acids is 1. The third-order valence-corrected chi connectivity index (χ3v) is 4.35. The highest BCUT2D eigenvalue weighted by molar-refractivity contribution is 6.09. The molecule has 146 valence electrons. The molecule has 1 aliphatic heterocycles. The van der Waals surface area contributed by atoms with Crippen molar-refractivity contribution in [3.05, 3.63) is 51.6 Å². The van der Waals surface area contributed by atoms with E-state index in [0.717, 1.165) is 0 Å². The summed E-state index contributed by atoms with van der Waals surface area (Å²) in [6.07, 6.45) is 1.55. The van der Waals surface area contributed by atoms with E-state index in [1.54, 1.807) is 24.4 Å². The second kappa shape index (κ2) is 7.95. The number of ether oxygens (including phenoxy) is 3. The van der Waals surface area contributed by atoms with Crippen molar-refractivity contribution in [1.82, 2.24) is 0 Å². The minimum absolute atomic E-state index is 0.0627. The van der Waals surface area contributed by atoms with Gasteiger partial charge in [0.15, 0.2) is 11.5 Å². The van der Waals surface area contributed by atoms with Gasteiger partial charge in [0.2, 0.25) is 5.75 Å². The van der Waals surface area contributed by atoms with Gasteiger partial charge in [0.1, 0.15) is 0 Å². The summed E-state index contributed by atoms with van der Waals surface area (Å²) in [6.45, 7) is 0.704. The van der Waals surface area contributed by atoms with E-state index in [4.69, 9.17) is 14.2 Å². The van der Waals surface area contributed by atoms with Crippen LogP contribution in [-0.2, 0) is 0 Å². The number of carbonyl (C=O) groups is 1. The first-order valence-corrected chi connectivity index (χ1v) is 8.40. The molecule has 0 bridgehead atoms. The maximum absolute atomic E-state index is 13.3. The van der Waals surface area contributed by atoms with Crippen LogP contribution < -0.4 is 19.1 Å². The van der Waals surface area contributed by atoms with Gasteiger partial charge in [-0.25, -0.2) is 0 Å². The Bertz CT molecular complexity index is 932. The zero-order chi connectivity index (χ0) is 20.3. The first-order chi connectivity index (χ1) is 13.5. The monoisotopic (exact) mass is 385 g/mol. The van der Waals surface area contributed by atoms with Crippen molar-refractivity contribution in [2.75, 3.05) is 39.3 Å². The molecule has 0 spiro atoms. The zero-order valence-corrected chi connectivity index (χ0v) is 15.7. The average Bonchev–Trinajstić information content (AvgIpc) is 2.93. The van der Waals surface area contributed by atoms with Crippen LogP contribution in [0, 0.1) is 10.1 Å². The minimum Gasteiger partial charge on any atom is -0.493 e. The number of anilines is 1. The number of non-ortho nitro benzene ring substituents is 1. The average molecular weight is 385 g/mol. The molecule has 2 aromatic carbocycles. The number of aliphatic imine (C=N–C) groups is 1. The summed E-state index contributed by atoms with van der Waals surface area (Å²) in [6, 6.07) is 7.47. The van der Waals surface area contributed by atoms with Gasteiger partial charge in [-0.3, -0.25) is 19.9 Å². The molecule has 1 amide bonds. The van der Waals surface area contributed by atoms with Crippen LogP contribution in [0.5, 0.6) is 17.2 Å². The Morgan fingerprint density at radius 3 is 2.36 bits per heavy atom. The van der Waals surface area contributed by atoms with Crippen LogP contribution in [-0.4, -0.2) is 51.5 Å². The van der Waals surface area contributed by atoms with Crippen molar-refractivity contribution in [2.24, 2.45) is 4.99 Å². The van der Waals surface area contributed by atoms with Crippen LogP contribution in [0.3, 0.4) is 0 Å². The number of rotatable bonds is 5. The Labute approximate surface area is 161 Å².